The molecule has 3 heteroatoms. The lowest BCUT2D eigenvalue weighted by molar-refractivity contribution is 0.824. The van der Waals surface area contributed by atoms with E-state index in [1.54, 1.807) is 0 Å². The molecule has 0 unspecified atom stereocenters. The fourth-order valence-corrected chi connectivity index (χ4v) is 2.00. The van der Waals surface area contributed by atoms with Crippen molar-refractivity contribution < 1.29 is 0 Å². The summed E-state index contributed by atoms with van der Waals surface area (Å²) in [4.78, 5) is 14.7. The van der Waals surface area contributed by atoms with Gasteiger partial charge < -0.3 is 10.7 Å². The predicted octanol–water partition coefficient (Wildman–Crippen LogP) is 1.98. The van der Waals surface area contributed by atoms with Crippen LogP contribution < -0.4 is 11.3 Å². The molecular formula is C14H18N2O. The van der Waals surface area contributed by atoms with Crippen LogP contribution in [0.5, 0.6) is 0 Å². The maximum absolute atomic E-state index is 11.8. The first-order chi connectivity index (χ1) is 8.24. The van der Waals surface area contributed by atoms with Crippen LogP contribution in [0.4, 0.5) is 0 Å². The number of nitrogens with two attached hydrogens (primary N) is 1. The van der Waals surface area contributed by atoms with E-state index in [9.17, 15) is 4.79 Å². The molecule has 3 N–H and O–H groups in total. The van der Waals surface area contributed by atoms with Crippen LogP contribution >= 0.6 is 0 Å². The lowest BCUT2D eigenvalue weighted by Crippen LogP contribution is -2.13. The normalized spacial score (nSPS) is 10.9. The van der Waals surface area contributed by atoms with Crippen molar-refractivity contribution >= 4 is 10.9 Å². The summed E-state index contributed by atoms with van der Waals surface area (Å²) >= 11 is 0. The maximum Gasteiger partial charge on any atom is 0.251 e. The second kappa shape index (κ2) is 5.15. The van der Waals surface area contributed by atoms with E-state index in [1.165, 1.54) is 5.56 Å². The van der Waals surface area contributed by atoms with Gasteiger partial charge in [-0.1, -0.05) is 13.0 Å². The fraction of sp³-hybridized carbons (Fsp3) is 0.357. The van der Waals surface area contributed by atoms with Gasteiger partial charge in [0.05, 0.1) is 0 Å². The second-order valence-electron chi connectivity index (χ2n) is 4.29. The van der Waals surface area contributed by atoms with Crippen LogP contribution in [0, 0.1) is 0 Å². The lowest BCUT2D eigenvalue weighted by atomic mass is 10.1. The number of H-pyrrole nitrogens is 1. The van der Waals surface area contributed by atoms with Crippen molar-refractivity contribution in [2.24, 2.45) is 5.73 Å². The monoisotopic (exact) mass is 230 g/mol. The number of rotatable bonds is 4. The van der Waals surface area contributed by atoms with Gasteiger partial charge in [-0.25, -0.2) is 0 Å². The molecule has 0 aliphatic rings. The van der Waals surface area contributed by atoms with Crippen LogP contribution in [0.2, 0.25) is 0 Å². The van der Waals surface area contributed by atoms with Gasteiger partial charge in [0.25, 0.3) is 5.56 Å². The smallest absolute Gasteiger partial charge is 0.251 e. The zero-order valence-corrected chi connectivity index (χ0v) is 10.1. The Morgan fingerprint density at radius 2 is 2.12 bits per heavy atom. The Morgan fingerprint density at radius 1 is 1.29 bits per heavy atom. The Balaban J connectivity index is 2.48. The highest BCUT2D eigenvalue weighted by Crippen LogP contribution is 2.14. The number of aromatic nitrogens is 1. The van der Waals surface area contributed by atoms with Gasteiger partial charge in [0, 0.05) is 11.1 Å². The number of aryl methyl sites for hydroxylation is 2. The summed E-state index contributed by atoms with van der Waals surface area (Å²) in [6.45, 7) is 2.74. The Hall–Kier alpha value is -1.61. The maximum atomic E-state index is 11.8. The molecule has 3 nitrogen and oxygen atoms in total. The number of benzene rings is 1. The van der Waals surface area contributed by atoms with Crippen molar-refractivity contribution in [3.05, 3.63) is 45.7 Å². The zero-order valence-electron chi connectivity index (χ0n) is 10.1. The average Bonchev–Trinajstić information content (AvgIpc) is 2.35. The average molecular weight is 230 g/mol. The van der Waals surface area contributed by atoms with Gasteiger partial charge in [-0.15, -0.1) is 0 Å². The molecule has 2 rings (SSSR count). The van der Waals surface area contributed by atoms with Gasteiger partial charge >= 0.3 is 0 Å². The Morgan fingerprint density at radius 3 is 2.82 bits per heavy atom. The van der Waals surface area contributed by atoms with Crippen LogP contribution in [-0.2, 0) is 12.8 Å². The lowest BCUT2D eigenvalue weighted by Gasteiger charge is -2.04. The van der Waals surface area contributed by atoms with Crippen LogP contribution in [0.1, 0.15) is 24.5 Å². The van der Waals surface area contributed by atoms with E-state index in [2.05, 4.69) is 24.0 Å². The van der Waals surface area contributed by atoms with E-state index in [1.807, 2.05) is 12.1 Å². The quantitative estimate of drug-likeness (QED) is 0.843. The van der Waals surface area contributed by atoms with E-state index < -0.39 is 0 Å². The molecule has 1 aromatic heterocycles. The summed E-state index contributed by atoms with van der Waals surface area (Å²) in [6.07, 6.45) is 2.60. The van der Waals surface area contributed by atoms with Gasteiger partial charge in [-0.05, 0) is 55.0 Å². The van der Waals surface area contributed by atoms with E-state index in [4.69, 9.17) is 5.73 Å². The predicted molar refractivity (Wildman–Crippen MR) is 71.3 cm³/mol. The molecule has 0 saturated carbocycles. The van der Waals surface area contributed by atoms with Crippen molar-refractivity contribution in [2.75, 3.05) is 6.54 Å². The molecule has 17 heavy (non-hydrogen) atoms. The summed E-state index contributed by atoms with van der Waals surface area (Å²) < 4.78 is 0. The molecule has 0 fully saturated rings. The summed E-state index contributed by atoms with van der Waals surface area (Å²) in [5.41, 5.74) is 8.50. The number of hydrogen-bond donors (Lipinski definition) is 2. The van der Waals surface area contributed by atoms with Crippen molar-refractivity contribution in [3.8, 4) is 0 Å². The van der Waals surface area contributed by atoms with Crippen LogP contribution in [0.3, 0.4) is 0 Å². The molecule has 90 valence electrons. The zero-order chi connectivity index (χ0) is 12.3. The van der Waals surface area contributed by atoms with Crippen LogP contribution in [-0.4, -0.2) is 11.5 Å². The van der Waals surface area contributed by atoms with E-state index in [-0.39, 0.29) is 5.56 Å². The van der Waals surface area contributed by atoms with E-state index >= 15 is 0 Å². The van der Waals surface area contributed by atoms with Crippen molar-refractivity contribution in [2.45, 2.75) is 26.2 Å². The molecular weight excluding hydrogens is 212 g/mol. The molecule has 0 bridgehead atoms. The Kier molecular flexibility index (Phi) is 3.59. The molecule has 0 aliphatic heterocycles. The third-order valence-electron chi connectivity index (χ3n) is 3.04. The SMILES string of the molecule is CCc1ccc2[nH]c(=O)c(CCCN)cc2c1. The molecule has 1 heterocycles. The molecule has 1 aromatic carbocycles. The number of fused-ring (bicyclic) bond motifs is 1. The largest absolute Gasteiger partial charge is 0.330 e. The van der Waals surface area contributed by atoms with Gasteiger partial charge in [0.15, 0.2) is 0 Å². The van der Waals surface area contributed by atoms with E-state index in [0.29, 0.717) is 6.54 Å². The molecule has 0 amide bonds. The third kappa shape index (κ3) is 2.56. The highest BCUT2D eigenvalue weighted by molar-refractivity contribution is 5.79. The minimum atomic E-state index is 0.00944. The highest BCUT2D eigenvalue weighted by atomic mass is 16.1. The van der Waals surface area contributed by atoms with Crippen molar-refractivity contribution in [1.29, 1.82) is 0 Å². The van der Waals surface area contributed by atoms with Crippen LogP contribution in [0.25, 0.3) is 10.9 Å². The highest BCUT2D eigenvalue weighted by Gasteiger charge is 2.03. The first kappa shape index (κ1) is 11.9. The molecule has 0 aliphatic carbocycles. The van der Waals surface area contributed by atoms with Crippen LogP contribution in [0.15, 0.2) is 29.1 Å². The van der Waals surface area contributed by atoms with Gasteiger partial charge in [0.2, 0.25) is 0 Å². The van der Waals surface area contributed by atoms with Gasteiger partial charge in [0.1, 0.15) is 0 Å². The number of hydrogen-bond acceptors (Lipinski definition) is 2. The minimum absolute atomic E-state index is 0.00944. The second-order valence-corrected chi connectivity index (χ2v) is 4.29. The summed E-state index contributed by atoms with van der Waals surface area (Å²) in [5.74, 6) is 0. The molecule has 0 atom stereocenters. The van der Waals surface area contributed by atoms with Gasteiger partial charge in [-0.2, -0.15) is 0 Å². The molecule has 0 saturated heterocycles. The summed E-state index contributed by atoms with van der Waals surface area (Å²) in [6, 6.07) is 8.15. The summed E-state index contributed by atoms with van der Waals surface area (Å²) in [7, 11) is 0. The Labute approximate surface area is 101 Å². The first-order valence-electron chi connectivity index (χ1n) is 6.09. The van der Waals surface area contributed by atoms with Gasteiger partial charge in [-0.3, -0.25) is 4.79 Å². The minimum Gasteiger partial charge on any atom is -0.330 e. The Bertz CT molecular complexity index is 572. The number of nitrogens with one attached hydrogen (secondary N) is 1. The number of aromatic amines is 1. The van der Waals surface area contributed by atoms with Crippen molar-refractivity contribution in [1.82, 2.24) is 4.98 Å². The first-order valence-corrected chi connectivity index (χ1v) is 6.09. The topological polar surface area (TPSA) is 58.9 Å². The third-order valence-corrected chi connectivity index (χ3v) is 3.04. The van der Waals surface area contributed by atoms with Crippen molar-refractivity contribution in [3.63, 3.8) is 0 Å². The number of pyridine rings is 1. The molecule has 0 spiro atoms. The summed E-state index contributed by atoms with van der Waals surface area (Å²) in [5, 5.41) is 1.11. The van der Waals surface area contributed by atoms with E-state index in [0.717, 1.165) is 35.7 Å². The fourth-order valence-electron chi connectivity index (χ4n) is 2.00. The molecule has 0 radical (unpaired) electrons. The standard InChI is InChI=1S/C14H18N2O/c1-2-10-5-6-13-12(8-10)9-11(4-3-7-15)14(17)16-13/h5-6,8-9H,2-4,7,15H2,1H3,(H,16,17). The molecule has 2 aromatic rings.